The molecule has 0 unspecified atom stereocenters. The van der Waals surface area contributed by atoms with Crippen LogP contribution in [0.15, 0.2) is 56.8 Å². The number of rotatable bonds is 7. The van der Waals surface area contributed by atoms with Crippen LogP contribution in [-0.2, 0) is 17.6 Å². The number of aryl methyl sites for hydroxylation is 2. The molecule has 2 aromatic carbocycles. The minimum absolute atomic E-state index is 0.0223. The first-order valence-corrected chi connectivity index (χ1v) is 13.3. The van der Waals surface area contributed by atoms with Crippen molar-refractivity contribution in [3.63, 3.8) is 0 Å². The topological polar surface area (TPSA) is 117 Å². The molecule has 1 aliphatic carbocycles. The molecule has 1 aliphatic rings. The Morgan fingerprint density at radius 3 is 2.92 bits per heavy atom. The van der Waals surface area contributed by atoms with Crippen molar-refractivity contribution in [1.82, 2.24) is 15.4 Å². The van der Waals surface area contributed by atoms with Crippen LogP contribution in [-0.4, -0.2) is 40.1 Å². The van der Waals surface area contributed by atoms with Crippen LogP contribution in [0.1, 0.15) is 29.5 Å². The monoisotopic (exact) mass is 520 g/mol. The number of carbonyl (C=O) groups is 1. The summed E-state index contributed by atoms with van der Waals surface area (Å²) in [7, 11) is 1.45. The molecule has 36 heavy (non-hydrogen) atoms. The molecule has 2 heterocycles. The predicted octanol–water partition coefficient (Wildman–Crippen LogP) is 4.49. The second-order valence-corrected chi connectivity index (χ2v) is 10.2. The number of hydrogen-bond donors (Lipinski definition) is 3. The minimum Gasteiger partial charge on any atom is -0.504 e. The molecule has 10 heteroatoms. The molecule has 4 aromatic rings. The Bertz CT molecular complexity index is 1530. The number of aromatic hydroxyl groups is 1. The molecule has 0 saturated carbocycles. The number of phenolic OH excluding ortho intramolecular Hbond substituents is 1. The van der Waals surface area contributed by atoms with Gasteiger partial charge in [-0.3, -0.25) is 9.59 Å². The van der Waals surface area contributed by atoms with Gasteiger partial charge in [-0.2, -0.15) is 5.10 Å². The Balaban J connectivity index is 1.25. The second-order valence-electron chi connectivity index (χ2n) is 8.40. The maximum atomic E-state index is 12.9. The number of aromatic amines is 1. The zero-order valence-electron chi connectivity index (χ0n) is 19.5. The molecule has 184 valence electrons. The molecule has 8 nitrogen and oxygen atoms in total. The first-order chi connectivity index (χ1) is 17.5. The van der Waals surface area contributed by atoms with Crippen molar-refractivity contribution in [1.29, 1.82) is 0 Å². The largest absolute Gasteiger partial charge is 0.504 e. The third kappa shape index (κ3) is 5.14. The van der Waals surface area contributed by atoms with Crippen LogP contribution in [0.5, 0.6) is 11.5 Å². The van der Waals surface area contributed by atoms with Crippen molar-refractivity contribution in [2.24, 2.45) is 5.10 Å². The number of ether oxygens (including phenoxy) is 1. The van der Waals surface area contributed by atoms with Crippen LogP contribution in [0.2, 0.25) is 0 Å². The summed E-state index contributed by atoms with van der Waals surface area (Å²) in [6.07, 6.45) is 6.08. The van der Waals surface area contributed by atoms with E-state index in [0.717, 1.165) is 35.7 Å². The fourth-order valence-corrected chi connectivity index (χ4v) is 5.89. The molecular weight excluding hydrogens is 496 g/mol. The van der Waals surface area contributed by atoms with E-state index in [-0.39, 0.29) is 23.0 Å². The first kappa shape index (κ1) is 24.1. The number of thioether (sulfide) groups is 1. The van der Waals surface area contributed by atoms with Crippen LogP contribution in [0, 0.1) is 0 Å². The van der Waals surface area contributed by atoms with Gasteiger partial charge in [0.25, 0.3) is 11.5 Å². The lowest BCUT2D eigenvalue weighted by atomic mass is 9.89. The molecular formula is C26H24N4O4S2. The number of amides is 1. The third-order valence-corrected chi connectivity index (χ3v) is 7.77. The van der Waals surface area contributed by atoms with Gasteiger partial charge in [0.15, 0.2) is 16.7 Å². The van der Waals surface area contributed by atoms with E-state index in [2.05, 4.69) is 38.7 Å². The SMILES string of the molecule is COc1cc(/C=N/NC(=O)CSc2nc3scc(-c4ccc5c(c4)CCCC5)c3c(=O)[nH]2)ccc1O. The van der Waals surface area contributed by atoms with E-state index in [9.17, 15) is 14.7 Å². The van der Waals surface area contributed by atoms with E-state index < -0.39 is 0 Å². The summed E-state index contributed by atoms with van der Waals surface area (Å²) >= 11 is 2.56. The van der Waals surface area contributed by atoms with Gasteiger partial charge in [0.2, 0.25) is 0 Å². The van der Waals surface area contributed by atoms with Crippen LogP contribution in [0.3, 0.4) is 0 Å². The number of methoxy groups -OCH3 is 1. The fourth-order valence-electron chi connectivity index (χ4n) is 4.23. The summed E-state index contributed by atoms with van der Waals surface area (Å²) in [5, 5.41) is 16.5. The summed E-state index contributed by atoms with van der Waals surface area (Å²) in [6, 6.07) is 11.2. The maximum Gasteiger partial charge on any atom is 0.260 e. The smallest absolute Gasteiger partial charge is 0.260 e. The van der Waals surface area contributed by atoms with Gasteiger partial charge in [0.05, 0.1) is 24.5 Å². The fraction of sp³-hybridized carbons (Fsp3) is 0.231. The lowest BCUT2D eigenvalue weighted by Gasteiger charge is -2.16. The number of aromatic nitrogens is 2. The van der Waals surface area contributed by atoms with Gasteiger partial charge in [0, 0.05) is 10.9 Å². The van der Waals surface area contributed by atoms with Crippen molar-refractivity contribution in [3.8, 4) is 22.6 Å². The van der Waals surface area contributed by atoms with E-state index >= 15 is 0 Å². The van der Waals surface area contributed by atoms with Gasteiger partial charge in [-0.25, -0.2) is 10.4 Å². The summed E-state index contributed by atoms with van der Waals surface area (Å²) in [5.41, 5.74) is 7.59. The zero-order chi connectivity index (χ0) is 25.1. The lowest BCUT2D eigenvalue weighted by molar-refractivity contribution is -0.118. The summed E-state index contributed by atoms with van der Waals surface area (Å²) in [5.74, 6) is 0.0302. The zero-order valence-corrected chi connectivity index (χ0v) is 21.2. The highest BCUT2D eigenvalue weighted by atomic mass is 32.2. The van der Waals surface area contributed by atoms with Crippen molar-refractivity contribution >= 4 is 45.4 Å². The second kappa shape index (κ2) is 10.5. The Hall–Kier alpha value is -3.63. The van der Waals surface area contributed by atoms with E-state index in [0.29, 0.717) is 26.7 Å². The highest BCUT2D eigenvalue weighted by Gasteiger charge is 2.16. The number of hydrazone groups is 1. The van der Waals surface area contributed by atoms with Gasteiger partial charge in [-0.05, 0) is 66.1 Å². The van der Waals surface area contributed by atoms with Gasteiger partial charge in [-0.1, -0.05) is 30.0 Å². The Labute approximate surface area is 215 Å². The third-order valence-electron chi connectivity index (χ3n) is 6.03. The van der Waals surface area contributed by atoms with Crippen LogP contribution in [0.4, 0.5) is 0 Å². The number of benzene rings is 2. The maximum absolute atomic E-state index is 12.9. The van der Waals surface area contributed by atoms with E-state index in [1.165, 1.54) is 54.7 Å². The standard InChI is InChI=1S/C26H24N4O4S2/c1-34-21-10-15(6-9-20(21)31)12-27-30-22(32)14-36-26-28-24(33)23-19(13-35-25(23)29-26)18-8-7-16-4-2-3-5-17(16)11-18/h6-13,31H,2-5,14H2,1H3,(H,30,32)(H,28,29,33)/b27-12+. The van der Waals surface area contributed by atoms with Crippen LogP contribution < -0.4 is 15.7 Å². The van der Waals surface area contributed by atoms with Crippen molar-refractivity contribution in [3.05, 3.63) is 68.8 Å². The molecule has 0 aliphatic heterocycles. The molecule has 0 fully saturated rings. The number of nitrogens with one attached hydrogen (secondary N) is 2. The highest BCUT2D eigenvalue weighted by Crippen LogP contribution is 2.34. The van der Waals surface area contributed by atoms with E-state index in [1.807, 2.05) is 5.38 Å². The number of nitrogens with zero attached hydrogens (tertiary/aromatic N) is 2. The Kier molecular flexibility index (Phi) is 7.06. The summed E-state index contributed by atoms with van der Waals surface area (Å²) in [4.78, 5) is 33.2. The quantitative estimate of drug-likeness (QED) is 0.143. The Morgan fingerprint density at radius 2 is 2.08 bits per heavy atom. The van der Waals surface area contributed by atoms with Gasteiger partial charge in [-0.15, -0.1) is 11.3 Å². The highest BCUT2D eigenvalue weighted by molar-refractivity contribution is 7.99. The average molecular weight is 521 g/mol. The molecule has 0 bridgehead atoms. The van der Waals surface area contributed by atoms with Crippen molar-refractivity contribution in [2.75, 3.05) is 12.9 Å². The first-order valence-electron chi connectivity index (χ1n) is 11.5. The molecule has 1 amide bonds. The summed E-state index contributed by atoms with van der Waals surface area (Å²) < 4.78 is 5.05. The molecule has 0 saturated heterocycles. The molecule has 0 spiro atoms. The molecule has 0 radical (unpaired) electrons. The van der Waals surface area contributed by atoms with Gasteiger partial charge < -0.3 is 14.8 Å². The average Bonchev–Trinajstić information content (AvgIpc) is 3.33. The van der Waals surface area contributed by atoms with E-state index in [1.54, 1.807) is 12.1 Å². The number of carbonyl (C=O) groups excluding carboxylic acids is 1. The molecule has 5 rings (SSSR count). The number of thiophene rings is 1. The Morgan fingerprint density at radius 1 is 1.25 bits per heavy atom. The predicted molar refractivity (Wildman–Crippen MR) is 143 cm³/mol. The minimum atomic E-state index is -0.342. The normalized spacial score (nSPS) is 13.1. The summed E-state index contributed by atoms with van der Waals surface area (Å²) in [6.45, 7) is 0. The number of phenols is 1. The number of fused-ring (bicyclic) bond motifs is 2. The molecule has 3 N–H and O–H groups in total. The van der Waals surface area contributed by atoms with Crippen LogP contribution in [0.25, 0.3) is 21.3 Å². The van der Waals surface area contributed by atoms with Gasteiger partial charge in [0.1, 0.15) is 4.83 Å². The lowest BCUT2D eigenvalue weighted by Crippen LogP contribution is -2.20. The number of hydrogen-bond acceptors (Lipinski definition) is 8. The number of H-pyrrole nitrogens is 1. The van der Waals surface area contributed by atoms with Crippen molar-refractivity contribution in [2.45, 2.75) is 30.8 Å². The van der Waals surface area contributed by atoms with Crippen LogP contribution >= 0.6 is 23.1 Å². The molecule has 0 atom stereocenters. The van der Waals surface area contributed by atoms with E-state index in [4.69, 9.17) is 4.74 Å². The van der Waals surface area contributed by atoms with Crippen molar-refractivity contribution < 1.29 is 14.6 Å². The molecule has 2 aromatic heterocycles. The van der Waals surface area contributed by atoms with Gasteiger partial charge >= 0.3 is 0 Å².